The third-order valence-electron chi connectivity index (χ3n) is 5.38. The van der Waals surface area contributed by atoms with Crippen LogP contribution in [0.3, 0.4) is 0 Å². The molecule has 3 aromatic rings. The molecule has 1 saturated heterocycles. The largest absolute Gasteiger partial charge is 0.369 e. The van der Waals surface area contributed by atoms with Crippen LogP contribution in [0.25, 0.3) is 10.9 Å². The fraction of sp³-hybridized carbons (Fsp3) is 0.304. The molecular weight excluding hydrogens is 353 g/mol. The molecule has 4 rings (SSSR count). The van der Waals surface area contributed by atoms with Crippen LogP contribution in [0, 0.1) is 12.7 Å². The highest BCUT2D eigenvalue weighted by molar-refractivity contribution is 5.93. The van der Waals surface area contributed by atoms with Crippen LogP contribution >= 0.6 is 0 Å². The van der Waals surface area contributed by atoms with Gasteiger partial charge in [0.2, 0.25) is 5.91 Å². The minimum atomic E-state index is -0.299. The summed E-state index contributed by atoms with van der Waals surface area (Å²) in [5.74, 6) is -0.241. The highest BCUT2D eigenvalue weighted by Crippen LogP contribution is 2.28. The van der Waals surface area contributed by atoms with E-state index in [1.807, 2.05) is 11.1 Å². The Morgan fingerprint density at radius 2 is 1.93 bits per heavy atom. The molecule has 0 N–H and O–H groups in total. The van der Waals surface area contributed by atoms with E-state index in [9.17, 15) is 9.18 Å². The lowest BCUT2D eigenvalue weighted by molar-refractivity contribution is -0.130. The predicted octanol–water partition coefficient (Wildman–Crippen LogP) is 3.96. The summed E-state index contributed by atoms with van der Waals surface area (Å²) in [7, 11) is 0. The maximum Gasteiger partial charge on any atom is 0.227 e. The van der Waals surface area contributed by atoms with Gasteiger partial charge < -0.3 is 9.80 Å². The molecule has 5 heteroatoms. The number of aromatic nitrogens is 1. The summed E-state index contributed by atoms with van der Waals surface area (Å²) in [4.78, 5) is 21.5. The Kier molecular flexibility index (Phi) is 5.24. The number of nitrogens with zero attached hydrogens (tertiary/aromatic N) is 3. The zero-order valence-corrected chi connectivity index (χ0v) is 16.1. The van der Waals surface area contributed by atoms with E-state index in [-0.39, 0.29) is 18.1 Å². The topological polar surface area (TPSA) is 36.4 Å². The summed E-state index contributed by atoms with van der Waals surface area (Å²) in [5.41, 5.74) is 4.10. The molecule has 0 saturated carbocycles. The van der Waals surface area contributed by atoms with E-state index in [0.29, 0.717) is 6.54 Å². The number of amides is 1. The molecule has 28 heavy (non-hydrogen) atoms. The lowest BCUT2D eigenvalue weighted by Crippen LogP contribution is -2.36. The van der Waals surface area contributed by atoms with Crippen LogP contribution in [0.1, 0.15) is 17.5 Å². The van der Waals surface area contributed by atoms with Crippen molar-refractivity contribution in [3.8, 4) is 0 Å². The van der Waals surface area contributed by atoms with Gasteiger partial charge in [-0.1, -0.05) is 30.3 Å². The second-order valence-corrected chi connectivity index (χ2v) is 7.33. The van der Waals surface area contributed by atoms with Gasteiger partial charge in [0.05, 0.1) is 11.9 Å². The van der Waals surface area contributed by atoms with Crippen molar-refractivity contribution >= 4 is 22.5 Å². The molecular formula is C23H24FN3O. The predicted molar refractivity (Wildman–Crippen MR) is 110 cm³/mol. The Balaban J connectivity index is 1.48. The second-order valence-electron chi connectivity index (χ2n) is 7.33. The quantitative estimate of drug-likeness (QED) is 0.693. The fourth-order valence-electron chi connectivity index (χ4n) is 3.93. The molecule has 4 nitrogen and oxygen atoms in total. The normalized spacial score (nSPS) is 14.9. The standard InChI is InChI=1S/C23H24FN3O/c1-17-5-2-8-20-21(9-10-25-23(17)20)26-11-4-12-27(14-13-26)22(28)16-18-6-3-7-19(24)15-18/h2-3,5-10,15H,4,11-14,16H2,1H3. The number of carbonyl (C=O) groups excluding carboxylic acids is 1. The van der Waals surface area contributed by atoms with Gasteiger partial charge in [-0.15, -0.1) is 0 Å². The van der Waals surface area contributed by atoms with Gasteiger partial charge in [-0.05, 0) is 42.7 Å². The molecule has 0 aliphatic carbocycles. The molecule has 0 radical (unpaired) electrons. The number of anilines is 1. The molecule has 0 unspecified atom stereocenters. The van der Waals surface area contributed by atoms with Crippen molar-refractivity contribution in [3.05, 3.63) is 71.7 Å². The summed E-state index contributed by atoms with van der Waals surface area (Å²) in [6.07, 6.45) is 3.02. The Morgan fingerprint density at radius 3 is 2.79 bits per heavy atom. The van der Waals surface area contributed by atoms with Gasteiger partial charge in [-0.25, -0.2) is 4.39 Å². The van der Waals surface area contributed by atoms with E-state index in [2.05, 4.69) is 41.1 Å². The first kappa shape index (κ1) is 18.4. The summed E-state index contributed by atoms with van der Waals surface area (Å²) in [6, 6.07) is 14.6. The monoisotopic (exact) mass is 377 g/mol. The van der Waals surface area contributed by atoms with Gasteiger partial charge in [-0.2, -0.15) is 0 Å². The number of pyridine rings is 1. The number of carbonyl (C=O) groups is 1. The van der Waals surface area contributed by atoms with Gasteiger partial charge in [0.15, 0.2) is 0 Å². The van der Waals surface area contributed by atoms with Crippen LogP contribution in [0.5, 0.6) is 0 Å². The molecule has 0 atom stereocenters. The lowest BCUT2D eigenvalue weighted by Gasteiger charge is -2.25. The average Bonchev–Trinajstić information content (AvgIpc) is 2.94. The van der Waals surface area contributed by atoms with Crippen molar-refractivity contribution in [1.82, 2.24) is 9.88 Å². The third kappa shape index (κ3) is 3.84. The Hall–Kier alpha value is -2.95. The van der Waals surface area contributed by atoms with Gasteiger partial charge in [0.25, 0.3) is 0 Å². The molecule has 1 aromatic heterocycles. The van der Waals surface area contributed by atoms with Crippen molar-refractivity contribution in [2.24, 2.45) is 0 Å². The van der Waals surface area contributed by atoms with Gasteiger partial charge in [0, 0.05) is 43.4 Å². The van der Waals surface area contributed by atoms with E-state index in [4.69, 9.17) is 0 Å². The molecule has 2 heterocycles. The van der Waals surface area contributed by atoms with E-state index in [1.165, 1.54) is 23.4 Å². The number of hydrogen-bond donors (Lipinski definition) is 0. The Bertz CT molecular complexity index is 1000. The molecule has 2 aromatic carbocycles. The van der Waals surface area contributed by atoms with Crippen molar-refractivity contribution in [1.29, 1.82) is 0 Å². The van der Waals surface area contributed by atoms with Gasteiger partial charge in [-0.3, -0.25) is 9.78 Å². The number of rotatable bonds is 3. The SMILES string of the molecule is Cc1cccc2c(N3CCCN(C(=O)Cc4cccc(F)c4)CC3)ccnc12. The van der Waals surface area contributed by atoms with Crippen molar-refractivity contribution in [2.75, 3.05) is 31.1 Å². The minimum Gasteiger partial charge on any atom is -0.369 e. The first-order valence-electron chi connectivity index (χ1n) is 9.73. The first-order chi connectivity index (χ1) is 13.6. The first-order valence-corrected chi connectivity index (χ1v) is 9.73. The van der Waals surface area contributed by atoms with E-state index in [0.717, 1.165) is 42.5 Å². The Morgan fingerprint density at radius 1 is 1.07 bits per heavy atom. The van der Waals surface area contributed by atoms with E-state index in [1.54, 1.807) is 12.1 Å². The van der Waals surface area contributed by atoms with E-state index < -0.39 is 0 Å². The van der Waals surface area contributed by atoms with Crippen LogP contribution in [0.15, 0.2) is 54.7 Å². The highest BCUT2D eigenvalue weighted by Gasteiger charge is 2.21. The van der Waals surface area contributed by atoms with Crippen LogP contribution in [0.2, 0.25) is 0 Å². The zero-order chi connectivity index (χ0) is 19.5. The highest BCUT2D eigenvalue weighted by atomic mass is 19.1. The second kappa shape index (κ2) is 7.97. The Labute approximate surface area is 164 Å². The minimum absolute atomic E-state index is 0.0582. The van der Waals surface area contributed by atoms with Gasteiger partial charge >= 0.3 is 0 Å². The summed E-state index contributed by atoms with van der Waals surface area (Å²) < 4.78 is 13.4. The van der Waals surface area contributed by atoms with Crippen LogP contribution < -0.4 is 4.90 Å². The maximum absolute atomic E-state index is 13.4. The van der Waals surface area contributed by atoms with Crippen molar-refractivity contribution in [3.63, 3.8) is 0 Å². The van der Waals surface area contributed by atoms with Crippen LogP contribution in [-0.4, -0.2) is 42.0 Å². The summed E-state index contributed by atoms with van der Waals surface area (Å²) in [5, 5.41) is 1.15. The maximum atomic E-state index is 13.4. The molecule has 1 aliphatic rings. The molecule has 1 fully saturated rings. The summed E-state index contributed by atoms with van der Waals surface area (Å²) >= 11 is 0. The number of halogens is 1. The smallest absolute Gasteiger partial charge is 0.227 e. The molecule has 0 spiro atoms. The molecule has 144 valence electrons. The third-order valence-corrected chi connectivity index (χ3v) is 5.38. The number of para-hydroxylation sites is 1. The van der Waals surface area contributed by atoms with Crippen LogP contribution in [0.4, 0.5) is 10.1 Å². The van der Waals surface area contributed by atoms with Crippen molar-refractivity contribution < 1.29 is 9.18 Å². The number of hydrogen-bond acceptors (Lipinski definition) is 3. The molecule has 1 amide bonds. The number of benzene rings is 2. The summed E-state index contributed by atoms with van der Waals surface area (Å²) in [6.45, 7) is 5.16. The lowest BCUT2D eigenvalue weighted by atomic mass is 10.1. The van der Waals surface area contributed by atoms with E-state index >= 15 is 0 Å². The number of fused-ring (bicyclic) bond motifs is 1. The van der Waals surface area contributed by atoms with Crippen molar-refractivity contribution in [2.45, 2.75) is 19.8 Å². The zero-order valence-electron chi connectivity index (χ0n) is 16.1. The molecule has 0 bridgehead atoms. The molecule has 1 aliphatic heterocycles. The van der Waals surface area contributed by atoms with Crippen LogP contribution in [-0.2, 0) is 11.2 Å². The number of aryl methyl sites for hydroxylation is 1. The average molecular weight is 377 g/mol. The van der Waals surface area contributed by atoms with Gasteiger partial charge in [0.1, 0.15) is 5.82 Å². The fourth-order valence-corrected chi connectivity index (χ4v) is 3.93.